The van der Waals surface area contributed by atoms with E-state index >= 15 is 0 Å². The predicted octanol–water partition coefficient (Wildman–Crippen LogP) is 6.96. The molecule has 0 aliphatic heterocycles. The molecule has 0 amide bonds. The van der Waals surface area contributed by atoms with Crippen molar-refractivity contribution < 1.29 is 0 Å². The third-order valence-electron chi connectivity index (χ3n) is 4.82. The Morgan fingerprint density at radius 3 is 1.19 bits per heavy atom. The lowest BCUT2D eigenvalue weighted by Gasteiger charge is -2.14. The van der Waals surface area contributed by atoms with Crippen molar-refractivity contribution >= 4 is 21.9 Å². The summed E-state index contributed by atoms with van der Waals surface area (Å²) in [7, 11) is 0. The molecule has 0 spiro atoms. The van der Waals surface area contributed by atoms with Crippen LogP contribution in [0.1, 0.15) is 22.3 Å². The second-order valence-electron chi connectivity index (χ2n) is 6.40. The van der Waals surface area contributed by atoms with E-state index in [0.29, 0.717) is 0 Å². The molecule has 4 aromatic carbocycles. The summed E-state index contributed by atoms with van der Waals surface area (Å²) in [6.45, 7) is 8.71. The maximum absolute atomic E-state index is 4.36. The van der Waals surface area contributed by atoms with Crippen LogP contribution < -0.4 is 0 Å². The molecule has 0 saturated heterocycles. The minimum Gasteiger partial charge on any atom is -0.0905 e. The Labute approximate surface area is 154 Å². The minimum absolute atomic E-state index is 1.04. The molecule has 124 valence electrons. The van der Waals surface area contributed by atoms with Crippen LogP contribution in [0.2, 0.25) is 0 Å². The van der Waals surface area contributed by atoms with Gasteiger partial charge in [-0.2, -0.15) is 0 Å². The van der Waals surface area contributed by atoms with Gasteiger partial charge in [-0.1, -0.05) is 110 Å². The first-order chi connectivity index (χ1) is 12.8. The normalized spacial score (nSPS) is 10.6. The van der Waals surface area contributed by atoms with Gasteiger partial charge in [0.2, 0.25) is 0 Å². The Kier molecular flexibility index (Phi) is 4.25. The molecular formula is C26H20. The number of benzene rings is 4. The van der Waals surface area contributed by atoms with Crippen LogP contribution in [0, 0.1) is 0 Å². The molecule has 0 unspecified atom stereocenters. The highest BCUT2D eigenvalue weighted by Crippen LogP contribution is 2.34. The second-order valence-corrected chi connectivity index (χ2v) is 6.40. The molecule has 4 rings (SSSR count). The zero-order valence-corrected chi connectivity index (χ0v) is 14.7. The third kappa shape index (κ3) is 2.87. The Morgan fingerprint density at radius 2 is 0.808 bits per heavy atom. The zero-order valence-electron chi connectivity index (χ0n) is 14.7. The summed E-state index contributed by atoms with van der Waals surface area (Å²) in [5.74, 6) is 0. The molecule has 26 heavy (non-hydrogen) atoms. The second kappa shape index (κ2) is 6.85. The van der Waals surface area contributed by atoms with Crippen molar-refractivity contribution in [2.75, 3.05) is 0 Å². The van der Waals surface area contributed by atoms with E-state index in [2.05, 4.69) is 73.8 Å². The van der Waals surface area contributed by atoms with Gasteiger partial charge in [-0.15, -0.1) is 0 Å². The van der Waals surface area contributed by atoms with Gasteiger partial charge in [0.15, 0.2) is 0 Å². The summed E-state index contributed by atoms with van der Waals surface area (Å²) in [6, 6.07) is 33.5. The van der Waals surface area contributed by atoms with Gasteiger partial charge in [0.05, 0.1) is 0 Å². The van der Waals surface area contributed by atoms with Crippen LogP contribution in [0.3, 0.4) is 0 Å². The highest BCUT2D eigenvalue weighted by molar-refractivity contribution is 6.03. The lowest BCUT2D eigenvalue weighted by atomic mass is 9.89. The van der Waals surface area contributed by atoms with Gasteiger partial charge >= 0.3 is 0 Å². The lowest BCUT2D eigenvalue weighted by Crippen LogP contribution is -1.92. The summed E-state index contributed by atoms with van der Waals surface area (Å²) in [4.78, 5) is 0. The van der Waals surface area contributed by atoms with E-state index < -0.39 is 0 Å². The molecule has 0 radical (unpaired) electrons. The van der Waals surface area contributed by atoms with Crippen molar-refractivity contribution in [3.05, 3.63) is 132 Å². The quantitative estimate of drug-likeness (QED) is 0.379. The molecule has 0 atom stereocenters. The van der Waals surface area contributed by atoms with E-state index in [9.17, 15) is 0 Å². The third-order valence-corrected chi connectivity index (χ3v) is 4.82. The highest BCUT2D eigenvalue weighted by Gasteiger charge is 2.11. The topological polar surface area (TPSA) is 0 Å². The highest BCUT2D eigenvalue weighted by atomic mass is 14.1. The maximum Gasteiger partial charge on any atom is -0.00992 e. The number of hydrogen-bond acceptors (Lipinski definition) is 0. The fourth-order valence-corrected chi connectivity index (χ4v) is 3.43. The van der Waals surface area contributed by atoms with Crippen LogP contribution >= 0.6 is 0 Å². The fourth-order valence-electron chi connectivity index (χ4n) is 3.43. The zero-order chi connectivity index (χ0) is 17.9. The van der Waals surface area contributed by atoms with E-state index in [1.165, 1.54) is 10.8 Å². The van der Waals surface area contributed by atoms with E-state index in [-0.39, 0.29) is 0 Å². The molecule has 0 heteroatoms. The molecule has 0 aliphatic carbocycles. The molecule has 0 saturated carbocycles. The summed E-state index contributed by atoms with van der Waals surface area (Å²) < 4.78 is 0. The van der Waals surface area contributed by atoms with Gasteiger partial charge in [0.1, 0.15) is 0 Å². The molecular weight excluding hydrogens is 312 g/mol. The first-order valence-corrected chi connectivity index (χ1v) is 8.77. The summed E-state index contributed by atoms with van der Waals surface area (Å²) >= 11 is 0. The van der Waals surface area contributed by atoms with Crippen LogP contribution in [0.4, 0.5) is 0 Å². The molecule has 0 heterocycles. The molecule has 4 aromatic rings. The minimum atomic E-state index is 1.04. The molecule has 0 bridgehead atoms. The van der Waals surface area contributed by atoms with Gasteiger partial charge in [-0.25, -0.2) is 0 Å². The van der Waals surface area contributed by atoms with Crippen LogP contribution in [0.5, 0.6) is 0 Å². The van der Waals surface area contributed by atoms with Gasteiger partial charge in [0, 0.05) is 0 Å². The number of fused-ring (bicyclic) bond motifs is 1. The van der Waals surface area contributed by atoms with Crippen LogP contribution in [0.25, 0.3) is 21.9 Å². The monoisotopic (exact) mass is 332 g/mol. The van der Waals surface area contributed by atoms with Crippen molar-refractivity contribution in [3.63, 3.8) is 0 Å². The summed E-state index contributed by atoms with van der Waals surface area (Å²) in [6.07, 6.45) is 0. The number of rotatable bonds is 4. The standard InChI is InChI=1S/C26H20/c1-19(21-11-5-3-6-12-21)23-15-9-18-26-24(16-10-17-25(23)26)20(2)22-13-7-4-8-14-22/h3-18H,1-2H2. The smallest absolute Gasteiger partial charge is 0.00992 e. The van der Waals surface area contributed by atoms with Crippen molar-refractivity contribution in [2.45, 2.75) is 0 Å². The largest absolute Gasteiger partial charge is 0.0905 e. The SMILES string of the molecule is C=C(c1ccccc1)c1cccc2c(C(=C)c3ccccc3)cccc12. The molecule has 0 aromatic heterocycles. The summed E-state index contributed by atoms with van der Waals surface area (Å²) in [5, 5.41) is 2.41. The van der Waals surface area contributed by atoms with E-state index in [1.807, 2.05) is 36.4 Å². The van der Waals surface area contributed by atoms with Gasteiger partial charge in [0.25, 0.3) is 0 Å². The maximum atomic E-state index is 4.36. The first-order valence-electron chi connectivity index (χ1n) is 8.77. The Morgan fingerprint density at radius 1 is 0.423 bits per heavy atom. The lowest BCUT2D eigenvalue weighted by molar-refractivity contribution is 1.56. The Bertz CT molecular complexity index is 996. The van der Waals surface area contributed by atoms with Crippen molar-refractivity contribution in [1.82, 2.24) is 0 Å². The van der Waals surface area contributed by atoms with Crippen LogP contribution in [0.15, 0.2) is 110 Å². The van der Waals surface area contributed by atoms with Gasteiger partial charge < -0.3 is 0 Å². The Balaban J connectivity index is 1.86. The fraction of sp³-hybridized carbons (Fsp3) is 0. The first kappa shape index (κ1) is 16.1. The van der Waals surface area contributed by atoms with Crippen molar-refractivity contribution in [1.29, 1.82) is 0 Å². The molecule has 0 fully saturated rings. The van der Waals surface area contributed by atoms with Crippen LogP contribution in [-0.2, 0) is 0 Å². The van der Waals surface area contributed by atoms with E-state index in [4.69, 9.17) is 0 Å². The summed E-state index contributed by atoms with van der Waals surface area (Å²) in [5.41, 5.74) is 6.70. The van der Waals surface area contributed by atoms with Crippen molar-refractivity contribution in [3.8, 4) is 0 Å². The van der Waals surface area contributed by atoms with Crippen molar-refractivity contribution in [2.24, 2.45) is 0 Å². The molecule has 0 aliphatic rings. The van der Waals surface area contributed by atoms with E-state index in [1.54, 1.807) is 0 Å². The van der Waals surface area contributed by atoms with Crippen LogP contribution in [-0.4, -0.2) is 0 Å². The predicted molar refractivity (Wildman–Crippen MR) is 113 cm³/mol. The van der Waals surface area contributed by atoms with Gasteiger partial charge in [-0.3, -0.25) is 0 Å². The average Bonchev–Trinajstić information content (AvgIpc) is 2.73. The Hall–Kier alpha value is -3.38. The molecule has 0 N–H and O–H groups in total. The average molecular weight is 332 g/mol. The number of hydrogen-bond donors (Lipinski definition) is 0. The van der Waals surface area contributed by atoms with E-state index in [0.717, 1.165) is 33.4 Å². The van der Waals surface area contributed by atoms with Gasteiger partial charge in [-0.05, 0) is 44.2 Å². The molecule has 0 nitrogen and oxygen atoms in total.